The fraction of sp³-hybridized carbons (Fsp3) is 0.667. The largest absolute Gasteiger partial charge is 0.352 e. The van der Waals surface area contributed by atoms with Crippen molar-refractivity contribution in [3.63, 3.8) is 0 Å². The number of halogens is 1. The van der Waals surface area contributed by atoms with Gasteiger partial charge in [0.15, 0.2) is 0 Å². The highest BCUT2D eigenvalue weighted by atomic mass is 35.5. The van der Waals surface area contributed by atoms with Gasteiger partial charge in [-0.2, -0.15) is 0 Å². The van der Waals surface area contributed by atoms with Crippen molar-refractivity contribution in [3.8, 4) is 0 Å². The Balaban J connectivity index is 0.00000312. The third kappa shape index (κ3) is 6.63. The zero-order chi connectivity index (χ0) is 17.7. The van der Waals surface area contributed by atoms with Crippen LogP contribution in [0.15, 0.2) is 24.3 Å². The van der Waals surface area contributed by atoms with E-state index >= 15 is 0 Å². The van der Waals surface area contributed by atoms with Crippen molar-refractivity contribution in [3.05, 3.63) is 35.4 Å². The molecule has 0 spiro atoms. The topological polar surface area (TPSA) is 32.3 Å². The molecule has 0 aliphatic heterocycles. The molecule has 1 fully saturated rings. The van der Waals surface area contributed by atoms with Gasteiger partial charge in [-0.05, 0) is 55.8 Å². The fourth-order valence-electron chi connectivity index (χ4n) is 3.95. The predicted molar refractivity (Wildman–Crippen MR) is 108 cm³/mol. The predicted octanol–water partition coefficient (Wildman–Crippen LogP) is 4.49. The number of rotatable bonds is 6. The molecule has 4 heteroatoms. The second-order valence-electron chi connectivity index (χ2n) is 8.20. The van der Waals surface area contributed by atoms with Crippen molar-refractivity contribution < 1.29 is 4.79 Å². The summed E-state index contributed by atoms with van der Waals surface area (Å²) >= 11 is 0. The van der Waals surface area contributed by atoms with Crippen molar-refractivity contribution in [2.24, 2.45) is 23.7 Å². The van der Waals surface area contributed by atoms with Crippen LogP contribution < -0.4 is 5.32 Å². The molecule has 3 nitrogen and oxygen atoms in total. The molecular weight excluding hydrogens is 332 g/mol. The van der Waals surface area contributed by atoms with Crippen LogP contribution in [0.1, 0.15) is 51.2 Å². The molecule has 142 valence electrons. The summed E-state index contributed by atoms with van der Waals surface area (Å²) in [6, 6.07) is 8.56. The Kier molecular flexibility index (Phi) is 8.95. The summed E-state index contributed by atoms with van der Waals surface area (Å²) < 4.78 is 0. The third-order valence-corrected chi connectivity index (χ3v) is 5.35. The van der Waals surface area contributed by atoms with Crippen LogP contribution in [0.2, 0.25) is 0 Å². The smallest absolute Gasteiger partial charge is 0.223 e. The molecule has 1 amide bonds. The minimum absolute atomic E-state index is 0. The van der Waals surface area contributed by atoms with Crippen molar-refractivity contribution in [1.82, 2.24) is 10.2 Å². The number of carbonyl (C=O) groups is 1. The average molecular weight is 367 g/mol. The molecule has 1 aromatic rings. The summed E-state index contributed by atoms with van der Waals surface area (Å²) in [5.41, 5.74) is 2.48. The lowest BCUT2D eigenvalue weighted by atomic mass is 9.70. The first-order chi connectivity index (χ1) is 11.4. The van der Waals surface area contributed by atoms with E-state index in [1.807, 2.05) is 0 Å². The number of nitrogens with zero attached hydrogens (tertiary/aromatic N) is 1. The molecule has 1 saturated carbocycles. The molecule has 0 bridgehead atoms. The van der Waals surface area contributed by atoms with Crippen LogP contribution in [0.3, 0.4) is 0 Å². The van der Waals surface area contributed by atoms with Gasteiger partial charge in [-0.25, -0.2) is 0 Å². The highest BCUT2D eigenvalue weighted by molar-refractivity contribution is 5.85. The van der Waals surface area contributed by atoms with E-state index in [2.05, 4.69) is 69.3 Å². The monoisotopic (exact) mass is 366 g/mol. The van der Waals surface area contributed by atoms with Gasteiger partial charge in [0.1, 0.15) is 0 Å². The van der Waals surface area contributed by atoms with Crippen LogP contribution in [-0.2, 0) is 17.9 Å². The summed E-state index contributed by atoms with van der Waals surface area (Å²) in [7, 11) is 4.15. The maximum atomic E-state index is 12.7. The van der Waals surface area contributed by atoms with E-state index in [9.17, 15) is 4.79 Å². The first-order valence-electron chi connectivity index (χ1n) is 9.37. The molecule has 0 heterocycles. The van der Waals surface area contributed by atoms with Gasteiger partial charge in [-0.3, -0.25) is 4.79 Å². The SMILES string of the molecule is CC(C)[C@@H]1CC[C@@H](C)C[C@H]1C(=O)NCc1ccc(CN(C)C)cc1.Cl. The van der Waals surface area contributed by atoms with Gasteiger partial charge in [0.25, 0.3) is 0 Å². The molecule has 0 saturated heterocycles. The van der Waals surface area contributed by atoms with Gasteiger partial charge < -0.3 is 10.2 Å². The summed E-state index contributed by atoms with van der Waals surface area (Å²) in [5, 5.41) is 3.18. The number of benzene rings is 1. The van der Waals surface area contributed by atoms with Crippen molar-refractivity contribution in [2.45, 2.75) is 53.1 Å². The quantitative estimate of drug-likeness (QED) is 0.804. The second kappa shape index (κ2) is 10.2. The normalized spacial score (nSPS) is 23.4. The number of nitrogens with one attached hydrogen (secondary N) is 1. The lowest BCUT2D eigenvalue weighted by molar-refractivity contribution is -0.129. The highest BCUT2D eigenvalue weighted by Gasteiger charge is 2.35. The molecule has 1 N–H and O–H groups in total. The van der Waals surface area contributed by atoms with E-state index in [1.165, 1.54) is 24.0 Å². The Labute approximate surface area is 160 Å². The van der Waals surface area contributed by atoms with Gasteiger partial charge in [-0.15, -0.1) is 12.4 Å². The Bertz CT molecular complexity index is 527. The van der Waals surface area contributed by atoms with Crippen molar-refractivity contribution >= 4 is 18.3 Å². The number of carbonyl (C=O) groups excluding carboxylic acids is 1. The number of hydrogen-bond donors (Lipinski definition) is 1. The molecule has 0 radical (unpaired) electrons. The Morgan fingerprint density at radius 1 is 1.16 bits per heavy atom. The molecule has 2 rings (SSSR count). The first-order valence-corrected chi connectivity index (χ1v) is 9.37. The Morgan fingerprint density at radius 2 is 1.76 bits per heavy atom. The lowest BCUT2D eigenvalue weighted by Gasteiger charge is -2.36. The highest BCUT2D eigenvalue weighted by Crippen LogP contribution is 2.38. The third-order valence-electron chi connectivity index (χ3n) is 5.35. The van der Waals surface area contributed by atoms with E-state index in [4.69, 9.17) is 0 Å². The van der Waals surface area contributed by atoms with Crippen LogP contribution in [0.25, 0.3) is 0 Å². The summed E-state index contributed by atoms with van der Waals surface area (Å²) in [4.78, 5) is 14.9. The van der Waals surface area contributed by atoms with Crippen LogP contribution >= 0.6 is 12.4 Å². The molecule has 1 aliphatic carbocycles. The average Bonchev–Trinajstić information content (AvgIpc) is 2.53. The lowest BCUT2D eigenvalue weighted by Crippen LogP contribution is -2.39. The Morgan fingerprint density at radius 3 is 2.32 bits per heavy atom. The van der Waals surface area contributed by atoms with Crippen LogP contribution in [0.4, 0.5) is 0 Å². The molecular formula is C21H35ClN2O. The van der Waals surface area contributed by atoms with E-state index in [0.29, 0.717) is 24.3 Å². The molecule has 3 atom stereocenters. The van der Waals surface area contributed by atoms with Gasteiger partial charge in [0.2, 0.25) is 5.91 Å². The van der Waals surface area contributed by atoms with Crippen LogP contribution in [0, 0.1) is 23.7 Å². The van der Waals surface area contributed by atoms with Gasteiger partial charge in [0.05, 0.1) is 0 Å². The minimum Gasteiger partial charge on any atom is -0.352 e. The van der Waals surface area contributed by atoms with E-state index in [0.717, 1.165) is 13.0 Å². The van der Waals surface area contributed by atoms with Crippen molar-refractivity contribution in [1.29, 1.82) is 0 Å². The van der Waals surface area contributed by atoms with E-state index in [1.54, 1.807) is 0 Å². The maximum absolute atomic E-state index is 12.7. The maximum Gasteiger partial charge on any atom is 0.223 e. The van der Waals surface area contributed by atoms with Gasteiger partial charge in [-0.1, -0.05) is 51.5 Å². The van der Waals surface area contributed by atoms with Gasteiger partial charge in [0, 0.05) is 19.0 Å². The zero-order valence-corrected chi connectivity index (χ0v) is 17.2. The number of hydrogen-bond acceptors (Lipinski definition) is 2. The zero-order valence-electron chi connectivity index (χ0n) is 16.4. The fourth-order valence-corrected chi connectivity index (χ4v) is 3.95. The van der Waals surface area contributed by atoms with E-state index in [-0.39, 0.29) is 24.2 Å². The van der Waals surface area contributed by atoms with Crippen molar-refractivity contribution in [2.75, 3.05) is 14.1 Å². The molecule has 0 unspecified atom stereocenters. The van der Waals surface area contributed by atoms with Crippen LogP contribution in [-0.4, -0.2) is 24.9 Å². The molecule has 1 aromatic carbocycles. The molecule has 25 heavy (non-hydrogen) atoms. The van der Waals surface area contributed by atoms with Gasteiger partial charge >= 0.3 is 0 Å². The first kappa shape index (κ1) is 22.0. The molecule has 1 aliphatic rings. The summed E-state index contributed by atoms with van der Waals surface area (Å²) in [6.07, 6.45) is 3.49. The minimum atomic E-state index is 0. The Hall–Kier alpha value is -1.06. The van der Waals surface area contributed by atoms with Crippen LogP contribution in [0.5, 0.6) is 0 Å². The standard InChI is InChI=1S/C21H34N2O.ClH/c1-15(2)19-11-6-16(3)12-20(19)21(24)22-13-17-7-9-18(10-8-17)14-23(4)5;/h7-10,15-16,19-20H,6,11-14H2,1-5H3,(H,22,24);1H/t16-,19+,20-;/m1./s1. The molecule has 0 aromatic heterocycles. The summed E-state index contributed by atoms with van der Waals surface area (Å²) in [5.74, 6) is 2.21. The van der Waals surface area contributed by atoms with E-state index < -0.39 is 0 Å². The number of amides is 1. The summed E-state index contributed by atoms with van der Waals surface area (Å²) in [6.45, 7) is 8.37. The second-order valence-corrected chi connectivity index (χ2v) is 8.20.